The smallest absolute Gasteiger partial charge is 0.306 e. The number of aliphatic hydroxyl groups is 1. The number of carbonyl (C=O) groups is 2. The summed E-state index contributed by atoms with van der Waals surface area (Å²) in [5.74, 6) is -0.577. The second kappa shape index (κ2) is 74.1. The van der Waals surface area contributed by atoms with E-state index >= 15 is 0 Å². The monoisotopic (exact) mass is 1170 g/mol. The van der Waals surface area contributed by atoms with E-state index < -0.39 is 6.10 Å². The minimum atomic E-state index is -0.777. The zero-order valence-corrected chi connectivity index (χ0v) is 55.9. The van der Waals surface area contributed by atoms with E-state index in [-0.39, 0.29) is 25.2 Å². The summed E-state index contributed by atoms with van der Waals surface area (Å²) < 4.78 is 10.8. The summed E-state index contributed by atoms with van der Waals surface area (Å²) in [7, 11) is 0. The van der Waals surface area contributed by atoms with E-state index in [1.807, 2.05) is 0 Å². The lowest BCUT2D eigenvalue weighted by molar-refractivity contribution is -0.161. The molecule has 0 heterocycles. The van der Waals surface area contributed by atoms with Crippen LogP contribution in [0.1, 0.15) is 373 Å². The Bertz CT molecular complexity index is 1560. The summed E-state index contributed by atoms with van der Waals surface area (Å²) in [6, 6.07) is 0. The van der Waals surface area contributed by atoms with Crippen LogP contribution in [0.2, 0.25) is 0 Å². The van der Waals surface area contributed by atoms with Crippen LogP contribution in [-0.2, 0) is 19.1 Å². The Morgan fingerprint density at radius 3 is 0.774 bits per heavy atom. The molecule has 0 radical (unpaired) electrons. The fraction of sp³-hybridized carbons (Fsp3) is 0.772. The molecular weight excluding hydrogens is 1030 g/mol. The fourth-order valence-corrected chi connectivity index (χ4v) is 10.9. The van der Waals surface area contributed by atoms with Crippen molar-refractivity contribution < 1.29 is 24.2 Å². The Kier molecular flexibility index (Phi) is 71.3. The molecule has 0 aromatic rings. The van der Waals surface area contributed by atoms with Gasteiger partial charge in [0, 0.05) is 12.8 Å². The number of rotatable bonds is 68. The van der Waals surface area contributed by atoms with Gasteiger partial charge in [-0.1, -0.05) is 361 Å². The van der Waals surface area contributed by atoms with Crippen LogP contribution in [0.4, 0.5) is 0 Å². The minimum absolute atomic E-state index is 0.0653. The number of carbonyl (C=O) groups excluding carboxylic acids is 2. The third-order valence-corrected chi connectivity index (χ3v) is 16.4. The molecule has 84 heavy (non-hydrogen) atoms. The average molecular weight is 1170 g/mol. The standard InChI is InChI=1S/C79H140O5/c1-3-5-7-9-11-13-15-17-19-21-23-25-27-29-31-33-34-35-36-37-38-39-40-41-42-43-44-46-47-49-51-53-55-57-59-61-63-65-67-69-71-73-78(81)83-76-77(75-80)84-79(82)74-72-70-68-66-64-62-60-58-56-54-52-50-48-45-32-30-28-26-24-22-20-18-16-14-12-10-8-6-4-2/h6,8,12,14-15,17-18,20-21,23-24,26-27,29-30,32,77,80H,3-5,7,9-11,13,16,19,22,25,28,31,33-76H2,1-2H3/b8-6-,14-12-,17-15-,20-18-,23-21-,26-24-,29-27-,32-30-. The Balaban J connectivity index is 3.41. The van der Waals surface area contributed by atoms with Crippen LogP contribution in [0.5, 0.6) is 0 Å². The molecule has 0 spiro atoms. The summed E-state index contributed by atoms with van der Waals surface area (Å²) in [5.41, 5.74) is 0. The van der Waals surface area contributed by atoms with Crippen LogP contribution in [-0.4, -0.2) is 36.4 Å². The van der Waals surface area contributed by atoms with Crippen LogP contribution in [0.25, 0.3) is 0 Å². The summed E-state index contributed by atoms with van der Waals surface area (Å²) in [6.07, 6.45) is 106. The summed E-state index contributed by atoms with van der Waals surface area (Å²) >= 11 is 0. The van der Waals surface area contributed by atoms with Crippen molar-refractivity contribution in [1.29, 1.82) is 0 Å². The van der Waals surface area contributed by atoms with Crippen LogP contribution in [0, 0.1) is 0 Å². The van der Waals surface area contributed by atoms with Gasteiger partial charge < -0.3 is 14.6 Å². The van der Waals surface area contributed by atoms with E-state index in [0.717, 1.165) is 83.5 Å². The predicted molar refractivity (Wildman–Crippen MR) is 371 cm³/mol. The molecule has 0 aromatic carbocycles. The number of esters is 2. The lowest BCUT2D eigenvalue weighted by atomic mass is 10.0. The van der Waals surface area contributed by atoms with Gasteiger partial charge in [-0.2, -0.15) is 0 Å². The Morgan fingerprint density at radius 1 is 0.286 bits per heavy atom. The lowest BCUT2D eigenvalue weighted by Gasteiger charge is -2.15. The summed E-state index contributed by atoms with van der Waals surface area (Å²) in [5, 5.41) is 9.71. The molecule has 0 fully saturated rings. The first-order chi connectivity index (χ1) is 41.6. The van der Waals surface area contributed by atoms with Gasteiger partial charge in [-0.15, -0.1) is 0 Å². The highest BCUT2D eigenvalue weighted by Crippen LogP contribution is 2.18. The largest absolute Gasteiger partial charge is 0.462 e. The van der Waals surface area contributed by atoms with Crippen molar-refractivity contribution in [2.45, 2.75) is 380 Å². The van der Waals surface area contributed by atoms with Crippen LogP contribution < -0.4 is 0 Å². The Labute approximate surface area is 523 Å². The van der Waals surface area contributed by atoms with E-state index in [1.165, 1.54) is 263 Å². The van der Waals surface area contributed by atoms with Gasteiger partial charge in [0.05, 0.1) is 6.61 Å². The Hall–Kier alpha value is -3.18. The van der Waals surface area contributed by atoms with Gasteiger partial charge in [0.15, 0.2) is 6.10 Å². The second-order valence-corrected chi connectivity index (χ2v) is 24.6. The van der Waals surface area contributed by atoms with E-state index in [2.05, 4.69) is 111 Å². The molecule has 486 valence electrons. The number of ether oxygens (including phenoxy) is 2. The molecule has 0 bridgehead atoms. The van der Waals surface area contributed by atoms with Crippen molar-refractivity contribution in [3.05, 3.63) is 97.2 Å². The maximum absolute atomic E-state index is 12.4. The molecule has 1 unspecified atom stereocenters. The molecule has 0 saturated heterocycles. The molecule has 0 rings (SSSR count). The van der Waals surface area contributed by atoms with E-state index in [1.54, 1.807) is 0 Å². The zero-order chi connectivity index (χ0) is 60.5. The van der Waals surface area contributed by atoms with Gasteiger partial charge in [-0.3, -0.25) is 9.59 Å². The highest BCUT2D eigenvalue weighted by molar-refractivity contribution is 5.70. The molecule has 0 saturated carbocycles. The predicted octanol–water partition coefficient (Wildman–Crippen LogP) is 25.8. The molecule has 0 aliphatic rings. The van der Waals surface area contributed by atoms with Gasteiger partial charge in [0.1, 0.15) is 6.61 Å². The number of aliphatic hydroxyl groups excluding tert-OH is 1. The van der Waals surface area contributed by atoms with Crippen molar-refractivity contribution in [1.82, 2.24) is 0 Å². The van der Waals surface area contributed by atoms with Gasteiger partial charge in [0.2, 0.25) is 0 Å². The van der Waals surface area contributed by atoms with Crippen LogP contribution in [0.3, 0.4) is 0 Å². The maximum Gasteiger partial charge on any atom is 0.306 e. The lowest BCUT2D eigenvalue weighted by Crippen LogP contribution is -2.28. The van der Waals surface area contributed by atoms with E-state index in [4.69, 9.17) is 9.47 Å². The number of allylic oxidation sites excluding steroid dienone is 16. The van der Waals surface area contributed by atoms with Gasteiger partial charge in [-0.25, -0.2) is 0 Å². The van der Waals surface area contributed by atoms with Crippen molar-refractivity contribution in [2.24, 2.45) is 0 Å². The highest BCUT2D eigenvalue weighted by Gasteiger charge is 2.16. The molecule has 1 N–H and O–H groups in total. The normalized spacial score (nSPS) is 12.8. The van der Waals surface area contributed by atoms with Crippen LogP contribution >= 0.6 is 0 Å². The SMILES string of the molecule is CC/C=C\C/C=C\C/C=C\C/C=C\C/C=C\CCCCCCCCCCCCCCCC(=O)OC(CO)COC(=O)CCCCCCCCCCCCCCCCCCCCCCCCCCCC/C=C\C/C=C\C/C=C\CCCCCCC. The van der Waals surface area contributed by atoms with Crippen molar-refractivity contribution in [2.75, 3.05) is 13.2 Å². The molecule has 0 aliphatic carbocycles. The molecule has 1 atom stereocenters. The van der Waals surface area contributed by atoms with E-state index in [9.17, 15) is 14.7 Å². The van der Waals surface area contributed by atoms with Crippen molar-refractivity contribution >= 4 is 11.9 Å². The molecular formula is C79H140O5. The third-order valence-electron chi connectivity index (χ3n) is 16.4. The molecule has 5 heteroatoms. The first-order valence-corrected chi connectivity index (χ1v) is 36.8. The summed E-state index contributed by atoms with van der Waals surface area (Å²) in [6.45, 7) is 4.05. The maximum atomic E-state index is 12.4. The van der Waals surface area contributed by atoms with E-state index in [0.29, 0.717) is 12.8 Å². The van der Waals surface area contributed by atoms with Crippen LogP contribution in [0.15, 0.2) is 97.2 Å². The molecule has 0 amide bonds. The van der Waals surface area contributed by atoms with Gasteiger partial charge in [-0.05, 0) is 96.3 Å². The topological polar surface area (TPSA) is 72.8 Å². The first-order valence-electron chi connectivity index (χ1n) is 36.8. The second-order valence-electron chi connectivity index (χ2n) is 24.6. The first kappa shape index (κ1) is 80.8. The zero-order valence-electron chi connectivity index (χ0n) is 55.9. The quantitative estimate of drug-likeness (QED) is 0.0373. The average Bonchev–Trinajstić information content (AvgIpc) is 3.51. The number of hydrogen-bond acceptors (Lipinski definition) is 5. The van der Waals surface area contributed by atoms with Crippen molar-refractivity contribution in [3.8, 4) is 0 Å². The van der Waals surface area contributed by atoms with Gasteiger partial charge in [0.25, 0.3) is 0 Å². The van der Waals surface area contributed by atoms with Gasteiger partial charge >= 0.3 is 11.9 Å². The highest BCUT2D eigenvalue weighted by atomic mass is 16.6. The third kappa shape index (κ3) is 71.3. The Morgan fingerprint density at radius 2 is 0.512 bits per heavy atom. The molecule has 0 aliphatic heterocycles. The fourth-order valence-electron chi connectivity index (χ4n) is 10.9. The van der Waals surface area contributed by atoms with Crippen molar-refractivity contribution in [3.63, 3.8) is 0 Å². The number of hydrogen-bond donors (Lipinski definition) is 1. The molecule has 5 nitrogen and oxygen atoms in total. The molecule has 0 aromatic heterocycles. The minimum Gasteiger partial charge on any atom is -0.462 e. The summed E-state index contributed by atoms with van der Waals surface area (Å²) in [4.78, 5) is 24.7. The number of unbranched alkanes of at least 4 members (excludes halogenated alkanes) is 44.